The summed E-state index contributed by atoms with van der Waals surface area (Å²) in [5.74, 6) is 1.75. The summed E-state index contributed by atoms with van der Waals surface area (Å²) < 4.78 is 10.1. The Morgan fingerprint density at radius 2 is 1.76 bits per heavy atom. The Morgan fingerprint density at radius 3 is 2.39 bits per heavy atom. The number of nitrogens with zero attached hydrogens (tertiary/aromatic N) is 2. The van der Waals surface area contributed by atoms with Gasteiger partial charge >= 0.3 is 5.97 Å². The first-order valence-electron chi connectivity index (χ1n) is 11.4. The fourth-order valence-electron chi connectivity index (χ4n) is 4.37. The molecule has 1 N–H and O–H groups in total. The number of hydrogen-bond donors (Lipinski definition) is 1. The van der Waals surface area contributed by atoms with Gasteiger partial charge in [0.1, 0.15) is 11.6 Å². The molecule has 0 aliphatic heterocycles. The summed E-state index contributed by atoms with van der Waals surface area (Å²) >= 11 is 0. The van der Waals surface area contributed by atoms with E-state index in [1.165, 1.54) is 44.8 Å². The standard InChI is InChI=1S/C27H31N3O3/c1-30(26-16-9-20(18-28-26)19-7-5-4-6-8-19)22-12-10-21(11-13-22)29-25-15-14-23(32-2)17-24(25)27(31)33-3/h9-19,29H,4-8H2,1-3H3. The highest BCUT2D eigenvalue weighted by Crippen LogP contribution is 2.33. The molecule has 4 rings (SSSR count). The molecule has 0 bridgehead atoms. The Hall–Kier alpha value is -3.54. The molecule has 0 amide bonds. The molecule has 1 aliphatic rings. The zero-order valence-electron chi connectivity index (χ0n) is 19.5. The first kappa shape index (κ1) is 22.6. The van der Waals surface area contributed by atoms with Crippen LogP contribution in [0.5, 0.6) is 5.75 Å². The van der Waals surface area contributed by atoms with E-state index < -0.39 is 5.97 Å². The minimum absolute atomic E-state index is 0.417. The Balaban J connectivity index is 1.46. The number of methoxy groups -OCH3 is 2. The zero-order chi connectivity index (χ0) is 23.2. The summed E-state index contributed by atoms with van der Waals surface area (Å²) in [5.41, 5.74) is 4.32. The van der Waals surface area contributed by atoms with Gasteiger partial charge in [-0.25, -0.2) is 9.78 Å². The average molecular weight is 446 g/mol. The van der Waals surface area contributed by atoms with Gasteiger partial charge in [0.15, 0.2) is 0 Å². The lowest BCUT2D eigenvalue weighted by molar-refractivity contribution is 0.0601. The van der Waals surface area contributed by atoms with Crippen molar-refractivity contribution >= 4 is 28.8 Å². The molecule has 6 heteroatoms. The van der Waals surface area contributed by atoms with Gasteiger partial charge in [0.05, 0.1) is 25.5 Å². The van der Waals surface area contributed by atoms with Crippen LogP contribution in [0.15, 0.2) is 60.8 Å². The topological polar surface area (TPSA) is 63.7 Å². The molecule has 6 nitrogen and oxygen atoms in total. The van der Waals surface area contributed by atoms with Crippen LogP contribution in [0, 0.1) is 0 Å². The zero-order valence-corrected chi connectivity index (χ0v) is 19.5. The molecule has 1 heterocycles. The maximum atomic E-state index is 12.2. The van der Waals surface area contributed by atoms with E-state index in [1.54, 1.807) is 19.2 Å². The second-order valence-corrected chi connectivity index (χ2v) is 8.42. The molecule has 0 spiro atoms. The van der Waals surface area contributed by atoms with Crippen LogP contribution < -0.4 is 15.0 Å². The Morgan fingerprint density at radius 1 is 1.00 bits per heavy atom. The van der Waals surface area contributed by atoms with E-state index in [1.807, 2.05) is 43.6 Å². The summed E-state index contributed by atoms with van der Waals surface area (Å²) in [6.45, 7) is 0. The molecule has 3 aromatic rings. The molecule has 0 saturated heterocycles. The van der Waals surface area contributed by atoms with Crippen molar-refractivity contribution in [1.29, 1.82) is 0 Å². The SMILES string of the molecule is COC(=O)c1cc(OC)ccc1Nc1ccc(N(C)c2ccc(C3CCCCC3)cn2)cc1. The smallest absolute Gasteiger partial charge is 0.340 e. The minimum atomic E-state index is -0.421. The van der Waals surface area contributed by atoms with Crippen molar-refractivity contribution in [2.24, 2.45) is 0 Å². The predicted octanol–water partition coefficient (Wildman–Crippen LogP) is 6.44. The number of pyridine rings is 1. The number of nitrogens with one attached hydrogen (secondary N) is 1. The van der Waals surface area contributed by atoms with Crippen molar-refractivity contribution < 1.29 is 14.3 Å². The highest BCUT2D eigenvalue weighted by atomic mass is 16.5. The lowest BCUT2D eigenvalue weighted by Gasteiger charge is -2.23. The molecule has 1 fully saturated rings. The lowest BCUT2D eigenvalue weighted by atomic mass is 9.85. The van der Waals surface area contributed by atoms with E-state index in [2.05, 4.69) is 22.3 Å². The molecule has 2 aromatic carbocycles. The maximum Gasteiger partial charge on any atom is 0.340 e. The lowest BCUT2D eigenvalue weighted by Crippen LogP contribution is -2.12. The summed E-state index contributed by atoms with van der Waals surface area (Å²) in [7, 11) is 4.95. The number of rotatable bonds is 7. The van der Waals surface area contributed by atoms with Crippen molar-refractivity contribution in [1.82, 2.24) is 4.98 Å². The van der Waals surface area contributed by atoms with Gasteiger partial charge in [-0.3, -0.25) is 0 Å². The van der Waals surface area contributed by atoms with Crippen LogP contribution in [0.3, 0.4) is 0 Å². The second kappa shape index (κ2) is 10.4. The summed E-state index contributed by atoms with van der Waals surface area (Å²) in [6, 6.07) is 17.6. The average Bonchev–Trinajstić information content (AvgIpc) is 2.89. The highest BCUT2D eigenvalue weighted by molar-refractivity contribution is 5.97. The minimum Gasteiger partial charge on any atom is -0.497 e. The van der Waals surface area contributed by atoms with Gasteiger partial charge in [0.2, 0.25) is 0 Å². The van der Waals surface area contributed by atoms with Crippen LogP contribution in [0.1, 0.15) is 53.9 Å². The quantitative estimate of drug-likeness (QED) is 0.423. The number of carbonyl (C=O) groups is 1. The number of esters is 1. The molecule has 1 aliphatic carbocycles. The second-order valence-electron chi connectivity index (χ2n) is 8.42. The summed E-state index contributed by atoms with van der Waals surface area (Å²) in [4.78, 5) is 19.0. The summed E-state index contributed by atoms with van der Waals surface area (Å²) in [5, 5.41) is 3.30. The summed E-state index contributed by atoms with van der Waals surface area (Å²) in [6.07, 6.45) is 8.59. The molecule has 0 unspecified atom stereocenters. The van der Waals surface area contributed by atoms with Gasteiger partial charge in [-0.2, -0.15) is 0 Å². The number of carbonyl (C=O) groups excluding carboxylic acids is 1. The number of benzene rings is 2. The van der Waals surface area contributed by atoms with Crippen LogP contribution in [0.25, 0.3) is 0 Å². The predicted molar refractivity (Wildman–Crippen MR) is 132 cm³/mol. The number of ether oxygens (including phenoxy) is 2. The third kappa shape index (κ3) is 5.28. The number of aromatic nitrogens is 1. The van der Waals surface area contributed by atoms with Gasteiger partial charge in [-0.15, -0.1) is 0 Å². The van der Waals surface area contributed by atoms with Crippen molar-refractivity contribution in [3.63, 3.8) is 0 Å². The molecule has 1 aromatic heterocycles. The first-order chi connectivity index (χ1) is 16.1. The molecule has 33 heavy (non-hydrogen) atoms. The fraction of sp³-hybridized carbons (Fsp3) is 0.333. The fourth-order valence-corrected chi connectivity index (χ4v) is 4.37. The van der Waals surface area contributed by atoms with Crippen molar-refractivity contribution in [2.45, 2.75) is 38.0 Å². The molecule has 0 atom stereocenters. The highest BCUT2D eigenvalue weighted by Gasteiger charge is 2.17. The molecule has 1 saturated carbocycles. The van der Waals surface area contributed by atoms with E-state index in [9.17, 15) is 4.79 Å². The van der Waals surface area contributed by atoms with Crippen molar-refractivity contribution in [2.75, 3.05) is 31.5 Å². The van der Waals surface area contributed by atoms with Gasteiger partial charge in [-0.05, 0) is 72.9 Å². The molecule has 172 valence electrons. The number of hydrogen-bond acceptors (Lipinski definition) is 6. The van der Waals surface area contributed by atoms with E-state index in [0.717, 1.165) is 17.2 Å². The van der Waals surface area contributed by atoms with Gasteiger partial charge in [-0.1, -0.05) is 25.3 Å². The number of anilines is 4. The van der Waals surface area contributed by atoms with Gasteiger partial charge < -0.3 is 19.7 Å². The Labute approximate surface area is 195 Å². The van der Waals surface area contributed by atoms with Crippen molar-refractivity contribution in [3.8, 4) is 5.75 Å². The van der Waals surface area contributed by atoms with E-state index >= 15 is 0 Å². The van der Waals surface area contributed by atoms with E-state index in [-0.39, 0.29) is 0 Å². The van der Waals surface area contributed by atoms with Crippen LogP contribution in [-0.2, 0) is 4.74 Å². The van der Waals surface area contributed by atoms with Gasteiger partial charge in [0, 0.05) is 24.6 Å². The van der Waals surface area contributed by atoms with Gasteiger partial charge in [0.25, 0.3) is 0 Å². The Bertz CT molecular complexity index is 1070. The molecule has 0 radical (unpaired) electrons. The Kier molecular flexibility index (Phi) is 7.13. The molecular formula is C27H31N3O3. The largest absolute Gasteiger partial charge is 0.497 e. The van der Waals surface area contributed by atoms with Crippen LogP contribution in [0.4, 0.5) is 22.9 Å². The monoisotopic (exact) mass is 445 g/mol. The van der Waals surface area contributed by atoms with E-state index in [4.69, 9.17) is 14.5 Å². The van der Waals surface area contributed by atoms with Crippen LogP contribution in [-0.4, -0.2) is 32.2 Å². The van der Waals surface area contributed by atoms with Crippen LogP contribution >= 0.6 is 0 Å². The molecular weight excluding hydrogens is 414 g/mol. The van der Waals surface area contributed by atoms with Crippen LogP contribution in [0.2, 0.25) is 0 Å². The third-order valence-corrected chi connectivity index (χ3v) is 6.36. The van der Waals surface area contributed by atoms with E-state index in [0.29, 0.717) is 22.9 Å². The maximum absolute atomic E-state index is 12.2. The first-order valence-corrected chi connectivity index (χ1v) is 11.4. The third-order valence-electron chi connectivity index (χ3n) is 6.36. The normalized spacial score (nSPS) is 13.9. The van der Waals surface area contributed by atoms with Crippen molar-refractivity contribution in [3.05, 3.63) is 71.9 Å².